The molecule has 1 saturated carbocycles. The molecule has 3 atom stereocenters. The Bertz CT molecular complexity index is 421. The molecule has 0 aliphatic heterocycles. The van der Waals surface area contributed by atoms with Crippen LogP contribution < -0.4 is 5.73 Å². The van der Waals surface area contributed by atoms with Gasteiger partial charge in [-0.2, -0.15) is 0 Å². The van der Waals surface area contributed by atoms with E-state index in [1.165, 1.54) is 12.5 Å². The molecule has 0 amide bonds. The molecule has 1 aliphatic carbocycles. The van der Waals surface area contributed by atoms with Gasteiger partial charge in [0.05, 0.1) is 12.7 Å². The number of ether oxygens (including phenoxy) is 1. The van der Waals surface area contributed by atoms with E-state index in [0.29, 0.717) is 18.3 Å². The third kappa shape index (κ3) is 3.77. The van der Waals surface area contributed by atoms with Gasteiger partial charge in [-0.1, -0.05) is 19.9 Å². The molecule has 3 unspecified atom stereocenters. The fourth-order valence-electron chi connectivity index (χ4n) is 2.74. The van der Waals surface area contributed by atoms with Crippen LogP contribution in [0.5, 0.6) is 0 Å². The molecule has 0 bridgehead atoms. The Morgan fingerprint density at radius 3 is 2.74 bits per heavy atom. The third-order valence-corrected chi connectivity index (χ3v) is 4.37. The minimum absolute atomic E-state index is 0.230. The summed E-state index contributed by atoms with van der Waals surface area (Å²) in [4.78, 5) is 0. The van der Waals surface area contributed by atoms with Crippen molar-refractivity contribution in [2.24, 2.45) is 17.6 Å². The molecule has 1 aromatic carbocycles. The molecule has 0 spiro atoms. The lowest BCUT2D eigenvalue weighted by molar-refractivity contribution is -0.00748. The van der Waals surface area contributed by atoms with Gasteiger partial charge in [-0.05, 0) is 48.8 Å². The molecule has 2 N–H and O–H groups in total. The summed E-state index contributed by atoms with van der Waals surface area (Å²) in [6, 6.07) is 5.07. The lowest BCUT2D eigenvalue weighted by atomic mass is 9.80. The third-order valence-electron chi connectivity index (χ3n) is 4.37. The van der Waals surface area contributed by atoms with Crippen molar-refractivity contribution in [1.29, 1.82) is 0 Å². The standard InChI is InChI=1S/C16H24FNO/c1-11-3-5-15(7-12(11)2)19-10-13-4-6-16(17)14(8-13)9-18/h4,6,8,11-12,15H,3,5,7,9-10,18H2,1-2H3. The average molecular weight is 265 g/mol. The molecular formula is C16H24FNO. The van der Waals surface area contributed by atoms with Crippen molar-refractivity contribution in [2.75, 3.05) is 0 Å². The highest BCUT2D eigenvalue weighted by molar-refractivity contribution is 5.24. The molecule has 106 valence electrons. The first-order valence-corrected chi connectivity index (χ1v) is 7.19. The van der Waals surface area contributed by atoms with E-state index in [2.05, 4.69) is 13.8 Å². The summed E-state index contributed by atoms with van der Waals surface area (Å²) in [5.74, 6) is 1.30. The second kappa shape index (κ2) is 6.49. The molecule has 1 aliphatic rings. The van der Waals surface area contributed by atoms with Crippen molar-refractivity contribution in [1.82, 2.24) is 0 Å². The number of hydrogen-bond acceptors (Lipinski definition) is 2. The van der Waals surface area contributed by atoms with Gasteiger partial charge in [0.15, 0.2) is 0 Å². The maximum Gasteiger partial charge on any atom is 0.127 e. The quantitative estimate of drug-likeness (QED) is 0.902. The normalized spacial score (nSPS) is 27.5. The van der Waals surface area contributed by atoms with Crippen LogP contribution in [-0.2, 0) is 17.9 Å². The van der Waals surface area contributed by atoms with Crippen LogP contribution in [0.15, 0.2) is 18.2 Å². The van der Waals surface area contributed by atoms with Crippen LogP contribution >= 0.6 is 0 Å². The van der Waals surface area contributed by atoms with E-state index in [-0.39, 0.29) is 12.4 Å². The highest BCUT2D eigenvalue weighted by atomic mass is 19.1. The highest BCUT2D eigenvalue weighted by Crippen LogP contribution is 2.31. The van der Waals surface area contributed by atoms with Gasteiger partial charge in [0.1, 0.15) is 5.82 Å². The summed E-state index contributed by atoms with van der Waals surface area (Å²) >= 11 is 0. The van der Waals surface area contributed by atoms with Crippen molar-refractivity contribution in [3.05, 3.63) is 35.1 Å². The van der Waals surface area contributed by atoms with Gasteiger partial charge in [-0.3, -0.25) is 0 Å². The second-order valence-electron chi connectivity index (χ2n) is 5.83. The summed E-state index contributed by atoms with van der Waals surface area (Å²) in [6.07, 6.45) is 3.85. The molecule has 2 nitrogen and oxygen atoms in total. The van der Waals surface area contributed by atoms with E-state index >= 15 is 0 Å². The van der Waals surface area contributed by atoms with E-state index in [9.17, 15) is 4.39 Å². The molecule has 1 aromatic rings. The van der Waals surface area contributed by atoms with Crippen molar-refractivity contribution in [3.8, 4) is 0 Å². The number of halogens is 1. The Kier molecular flexibility index (Phi) is 4.94. The van der Waals surface area contributed by atoms with Crippen LogP contribution in [0.2, 0.25) is 0 Å². The van der Waals surface area contributed by atoms with E-state index in [0.717, 1.165) is 30.2 Å². The van der Waals surface area contributed by atoms with Crippen LogP contribution in [0.1, 0.15) is 44.2 Å². The van der Waals surface area contributed by atoms with E-state index in [1.54, 1.807) is 6.07 Å². The molecule has 2 rings (SSSR count). The number of benzene rings is 1. The Balaban J connectivity index is 1.88. The second-order valence-corrected chi connectivity index (χ2v) is 5.83. The van der Waals surface area contributed by atoms with Crippen molar-refractivity contribution in [3.63, 3.8) is 0 Å². The largest absolute Gasteiger partial charge is 0.374 e. The SMILES string of the molecule is CC1CCC(OCc2ccc(F)c(CN)c2)CC1C. The Hall–Kier alpha value is -0.930. The zero-order valence-corrected chi connectivity index (χ0v) is 11.9. The summed E-state index contributed by atoms with van der Waals surface area (Å²) in [5.41, 5.74) is 7.08. The Morgan fingerprint density at radius 2 is 2.05 bits per heavy atom. The van der Waals surface area contributed by atoms with Crippen LogP contribution in [0.4, 0.5) is 4.39 Å². The van der Waals surface area contributed by atoms with Gasteiger partial charge in [0.25, 0.3) is 0 Å². The molecule has 0 radical (unpaired) electrons. The zero-order valence-electron chi connectivity index (χ0n) is 11.9. The lowest BCUT2D eigenvalue weighted by Crippen LogP contribution is -2.26. The van der Waals surface area contributed by atoms with E-state index in [4.69, 9.17) is 10.5 Å². The lowest BCUT2D eigenvalue weighted by Gasteiger charge is -2.32. The maximum absolute atomic E-state index is 13.3. The zero-order chi connectivity index (χ0) is 13.8. The highest BCUT2D eigenvalue weighted by Gasteiger charge is 2.24. The predicted octanol–water partition coefficient (Wildman–Crippen LogP) is 3.63. The minimum Gasteiger partial charge on any atom is -0.374 e. The van der Waals surface area contributed by atoms with Crippen LogP contribution in [0.3, 0.4) is 0 Å². The summed E-state index contributed by atoms with van der Waals surface area (Å²) in [6.45, 7) is 5.40. The van der Waals surface area contributed by atoms with Gasteiger partial charge in [0.2, 0.25) is 0 Å². The van der Waals surface area contributed by atoms with Crippen molar-refractivity contribution >= 4 is 0 Å². The summed E-state index contributed by atoms with van der Waals surface area (Å²) < 4.78 is 19.3. The smallest absolute Gasteiger partial charge is 0.127 e. The first-order chi connectivity index (χ1) is 9.10. The van der Waals surface area contributed by atoms with Crippen LogP contribution in [0.25, 0.3) is 0 Å². The first kappa shape index (κ1) is 14.5. The topological polar surface area (TPSA) is 35.2 Å². The number of nitrogens with two attached hydrogens (primary N) is 1. The first-order valence-electron chi connectivity index (χ1n) is 7.19. The maximum atomic E-state index is 13.3. The summed E-state index contributed by atoms with van der Waals surface area (Å²) in [5, 5.41) is 0. The van der Waals surface area contributed by atoms with Crippen LogP contribution in [0, 0.1) is 17.7 Å². The molecule has 0 saturated heterocycles. The van der Waals surface area contributed by atoms with E-state index < -0.39 is 0 Å². The summed E-state index contributed by atoms with van der Waals surface area (Å²) in [7, 11) is 0. The fraction of sp³-hybridized carbons (Fsp3) is 0.625. The molecule has 19 heavy (non-hydrogen) atoms. The fourth-order valence-corrected chi connectivity index (χ4v) is 2.74. The Morgan fingerprint density at radius 1 is 1.26 bits per heavy atom. The van der Waals surface area contributed by atoms with E-state index in [1.807, 2.05) is 6.07 Å². The van der Waals surface area contributed by atoms with Crippen LogP contribution in [-0.4, -0.2) is 6.10 Å². The number of hydrogen-bond donors (Lipinski definition) is 1. The number of rotatable bonds is 4. The van der Waals surface area contributed by atoms with Crippen molar-refractivity contribution < 1.29 is 9.13 Å². The van der Waals surface area contributed by atoms with Crippen molar-refractivity contribution in [2.45, 2.75) is 52.4 Å². The molecule has 0 aromatic heterocycles. The van der Waals surface area contributed by atoms with Gasteiger partial charge in [-0.25, -0.2) is 4.39 Å². The van der Waals surface area contributed by atoms with Gasteiger partial charge < -0.3 is 10.5 Å². The molecule has 3 heteroatoms. The van der Waals surface area contributed by atoms with Gasteiger partial charge in [-0.15, -0.1) is 0 Å². The van der Waals surface area contributed by atoms with Gasteiger partial charge >= 0.3 is 0 Å². The van der Waals surface area contributed by atoms with Gasteiger partial charge in [0, 0.05) is 12.1 Å². The predicted molar refractivity (Wildman–Crippen MR) is 75.0 cm³/mol. The molecular weight excluding hydrogens is 241 g/mol. The Labute approximate surface area is 115 Å². The average Bonchev–Trinajstić information content (AvgIpc) is 2.41. The molecule has 0 heterocycles. The minimum atomic E-state index is -0.230. The monoisotopic (exact) mass is 265 g/mol. The molecule has 1 fully saturated rings.